The third kappa shape index (κ3) is 2.39. The zero-order chi connectivity index (χ0) is 13.9. The zero-order valence-electron chi connectivity index (χ0n) is 9.98. The van der Waals surface area contributed by atoms with E-state index in [-0.39, 0.29) is 18.4 Å². The summed E-state index contributed by atoms with van der Waals surface area (Å²) in [4.78, 5) is 18.1. The quantitative estimate of drug-likeness (QED) is 0.850. The molecule has 0 aliphatic carbocycles. The molecule has 0 bridgehead atoms. The number of nitrogens with zero attached hydrogens (tertiary/aromatic N) is 2. The summed E-state index contributed by atoms with van der Waals surface area (Å²) in [5.41, 5.74) is 0. The Hall–Kier alpha value is -3.03. The van der Waals surface area contributed by atoms with E-state index >= 15 is 0 Å². The van der Waals surface area contributed by atoms with Gasteiger partial charge in [0.05, 0.1) is 6.20 Å². The zero-order valence-corrected chi connectivity index (χ0v) is 9.98. The van der Waals surface area contributed by atoms with Gasteiger partial charge in [0, 0.05) is 6.07 Å². The first-order valence-electron chi connectivity index (χ1n) is 5.50. The van der Waals surface area contributed by atoms with Gasteiger partial charge in [-0.2, -0.15) is 4.98 Å². The molecule has 0 unspecified atom stereocenters. The summed E-state index contributed by atoms with van der Waals surface area (Å²) in [5.74, 6) is 1.45. The Morgan fingerprint density at radius 2 is 2.15 bits per heavy atom. The lowest BCUT2D eigenvalue weighted by Gasteiger charge is -2.08. The maximum Gasteiger partial charge on any atom is 0.511 e. The van der Waals surface area contributed by atoms with Crippen molar-refractivity contribution in [2.75, 3.05) is 6.79 Å². The van der Waals surface area contributed by atoms with E-state index in [0.29, 0.717) is 17.2 Å². The van der Waals surface area contributed by atoms with Crippen molar-refractivity contribution < 1.29 is 28.8 Å². The third-order valence-electron chi connectivity index (χ3n) is 2.40. The number of aromatic nitrogens is 2. The molecule has 1 N–H and O–H groups in total. The Bertz CT molecular complexity index is 660. The molecule has 1 aromatic heterocycles. The summed E-state index contributed by atoms with van der Waals surface area (Å²) in [6, 6.07) is 4.92. The molecule has 2 aromatic rings. The van der Waals surface area contributed by atoms with Gasteiger partial charge < -0.3 is 24.1 Å². The van der Waals surface area contributed by atoms with E-state index in [0.717, 1.165) is 0 Å². The number of benzene rings is 1. The van der Waals surface area contributed by atoms with Gasteiger partial charge >= 0.3 is 6.16 Å². The molecule has 8 heteroatoms. The number of rotatable bonds is 3. The van der Waals surface area contributed by atoms with Gasteiger partial charge in [0.15, 0.2) is 11.5 Å². The summed E-state index contributed by atoms with van der Waals surface area (Å²) < 4.78 is 20.4. The minimum atomic E-state index is -1.48. The lowest BCUT2D eigenvalue weighted by Crippen LogP contribution is -2.05. The molecule has 0 radical (unpaired) electrons. The van der Waals surface area contributed by atoms with E-state index in [4.69, 9.17) is 19.3 Å². The van der Waals surface area contributed by atoms with Crippen molar-refractivity contribution in [2.24, 2.45) is 0 Å². The first-order valence-corrected chi connectivity index (χ1v) is 5.50. The Balaban J connectivity index is 1.86. The minimum Gasteiger partial charge on any atom is -0.454 e. The maximum atomic E-state index is 10.6. The topological polar surface area (TPSA) is 100 Å². The van der Waals surface area contributed by atoms with Crippen LogP contribution in [0.5, 0.6) is 28.9 Å². The highest BCUT2D eigenvalue weighted by Crippen LogP contribution is 2.37. The molecule has 102 valence electrons. The summed E-state index contributed by atoms with van der Waals surface area (Å²) >= 11 is 0. The Morgan fingerprint density at radius 1 is 1.30 bits per heavy atom. The van der Waals surface area contributed by atoms with Crippen LogP contribution in [0.15, 0.2) is 30.7 Å². The Morgan fingerprint density at radius 3 is 3.00 bits per heavy atom. The monoisotopic (exact) mass is 276 g/mol. The molecule has 0 saturated carbocycles. The largest absolute Gasteiger partial charge is 0.511 e. The summed E-state index contributed by atoms with van der Waals surface area (Å²) in [5, 5.41) is 8.61. The van der Waals surface area contributed by atoms with E-state index in [1.807, 2.05) is 0 Å². The second kappa shape index (κ2) is 4.92. The highest BCUT2D eigenvalue weighted by Gasteiger charge is 2.16. The van der Waals surface area contributed by atoms with Gasteiger partial charge in [-0.1, -0.05) is 0 Å². The summed E-state index contributed by atoms with van der Waals surface area (Å²) in [6.45, 7) is 0.152. The molecule has 8 nitrogen and oxygen atoms in total. The predicted octanol–water partition coefficient (Wildman–Crippen LogP) is 2.05. The molecule has 20 heavy (non-hydrogen) atoms. The number of fused-ring (bicyclic) bond motifs is 1. The van der Waals surface area contributed by atoms with Crippen LogP contribution in [0, 0.1) is 0 Å². The van der Waals surface area contributed by atoms with Gasteiger partial charge in [-0.3, -0.25) is 0 Å². The SMILES string of the molecule is O=C(O)Oc1cncnc1Oc1ccc2c(c1)OCO2. The van der Waals surface area contributed by atoms with Crippen molar-refractivity contribution in [2.45, 2.75) is 0 Å². The van der Waals surface area contributed by atoms with Crippen LogP contribution in [0.1, 0.15) is 0 Å². The lowest BCUT2D eigenvalue weighted by atomic mass is 10.3. The van der Waals surface area contributed by atoms with Crippen molar-refractivity contribution in [3.63, 3.8) is 0 Å². The Kier molecular flexibility index (Phi) is 2.96. The highest BCUT2D eigenvalue weighted by atomic mass is 16.7. The van der Waals surface area contributed by atoms with Crippen molar-refractivity contribution in [3.8, 4) is 28.9 Å². The summed E-state index contributed by atoms with van der Waals surface area (Å²) in [7, 11) is 0. The van der Waals surface area contributed by atoms with Crippen LogP contribution in [0.25, 0.3) is 0 Å². The third-order valence-corrected chi connectivity index (χ3v) is 2.40. The normalized spacial score (nSPS) is 12.0. The molecule has 1 aliphatic heterocycles. The number of hydrogen-bond acceptors (Lipinski definition) is 7. The van der Waals surface area contributed by atoms with Gasteiger partial charge in [0.2, 0.25) is 12.5 Å². The number of ether oxygens (including phenoxy) is 4. The van der Waals surface area contributed by atoms with Crippen LogP contribution in [0.2, 0.25) is 0 Å². The second-order valence-corrected chi connectivity index (χ2v) is 3.68. The molecular weight excluding hydrogens is 268 g/mol. The first kappa shape index (κ1) is 12.0. The van der Waals surface area contributed by atoms with Crippen molar-refractivity contribution >= 4 is 6.16 Å². The standard InChI is InChI=1S/C12H8N2O6/c15-12(16)20-10-4-13-5-14-11(10)19-7-1-2-8-9(3-7)18-6-17-8/h1-5H,6H2,(H,15,16). The van der Waals surface area contributed by atoms with Gasteiger partial charge in [-0.25, -0.2) is 9.78 Å². The van der Waals surface area contributed by atoms with Crippen molar-refractivity contribution in [1.82, 2.24) is 9.97 Å². The van der Waals surface area contributed by atoms with E-state index < -0.39 is 6.16 Å². The van der Waals surface area contributed by atoms with E-state index in [1.54, 1.807) is 18.2 Å². The molecule has 0 atom stereocenters. The van der Waals surface area contributed by atoms with Crippen molar-refractivity contribution in [3.05, 3.63) is 30.7 Å². The molecule has 0 spiro atoms. The van der Waals surface area contributed by atoms with Crippen LogP contribution in [0.4, 0.5) is 4.79 Å². The van der Waals surface area contributed by atoms with Crippen molar-refractivity contribution in [1.29, 1.82) is 0 Å². The molecular formula is C12H8N2O6. The van der Waals surface area contributed by atoms with Crippen LogP contribution in [-0.4, -0.2) is 28.0 Å². The molecule has 0 saturated heterocycles. The highest BCUT2D eigenvalue weighted by molar-refractivity contribution is 5.62. The molecule has 0 fully saturated rings. The van der Waals surface area contributed by atoms with E-state index in [1.165, 1.54) is 12.5 Å². The second-order valence-electron chi connectivity index (χ2n) is 3.68. The molecule has 3 rings (SSSR count). The van der Waals surface area contributed by atoms with Crippen LogP contribution < -0.4 is 18.9 Å². The predicted molar refractivity (Wildman–Crippen MR) is 63.3 cm³/mol. The van der Waals surface area contributed by atoms with Crippen LogP contribution in [-0.2, 0) is 0 Å². The molecule has 1 aliphatic rings. The Labute approximate surface area is 112 Å². The van der Waals surface area contributed by atoms with Crippen LogP contribution >= 0.6 is 0 Å². The van der Waals surface area contributed by atoms with E-state index in [2.05, 4.69) is 14.7 Å². The molecule has 1 aromatic carbocycles. The fraction of sp³-hybridized carbons (Fsp3) is 0.0833. The average Bonchev–Trinajstić information content (AvgIpc) is 2.88. The van der Waals surface area contributed by atoms with Gasteiger partial charge in [-0.15, -0.1) is 0 Å². The molecule has 0 amide bonds. The van der Waals surface area contributed by atoms with E-state index in [9.17, 15) is 4.79 Å². The van der Waals surface area contributed by atoms with Gasteiger partial charge in [-0.05, 0) is 12.1 Å². The van der Waals surface area contributed by atoms with Gasteiger partial charge in [0.25, 0.3) is 5.88 Å². The number of carbonyl (C=O) groups is 1. The fourth-order valence-electron chi connectivity index (χ4n) is 1.60. The number of carboxylic acid groups (broad SMARTS) is 1. The maximum absolute atomic E-state index is 10.6. The number of hydrogen-bond donors (Lipinski definition) is 1. The first-order chi connectivity index (χ1) is 9.72. The summed E-state index contributed by atoms with van der Waals surface area (Å²) in [6.07, 6.45) is 0.941. The lowest BCUT2D eigenvalue weighted by molar-refractivity contribution is 0.142. The average molecular weight is 276 g/mol. The minimum absolute atomic E-state index is 0.0127. The van der Waals surface area contributed by atoms with Crippen LogP contribution in [0.3, 0.4) is 0 Å². The fourth-order valence-corrected chi connectivity index (χ4v) is 1.60. The smallest absolute Gasteiger partial charge is 0.454 e. The molecule has 2 heterocycles. The van der Waals surface area contributed by atoms with Gasteiger partial charge in [0.1, 0.15) is 12.1 Å².